The van der Waals surface area contributed by atoms with Crippen LogP contribution in [0.3, 0.4) is 0 Å². The Kier molecular flexibility index (Phi) is 4.19. The van der Waals surface area contributed by atoms with Crippen molar-refractivity contribution in [3.63, 3.8) is 0 Å². The highest BCUT2D eigenvalue weighted by Gasteiger charge is 2.35. The van der Waals surface area contributed by atoms with Gasteiger partial charge in [0.15, 0.2) is 5.38 Å². The van der Waals surface area contributed by atoms with Gasteiger partial charge in [0.25, 0.3) is 4.83 Å². The molecule has 6 nitrogen and oxygen atoms in total. The summed E-state index contributed by atoms with van der Waals surface area (Å²) >= 11 is 5.73. The summed E-state index contributed by atoms with van der Waals surface area (Å²) in [7, 11) is -0.975. The summed E-state index contributed by atoms with van der Waals surface area (Å²) in [4.78, 5) is 31.0. The Morgan fingerprint density at radius 2 is 1.76 bits per heavy atom. The van der Waals surface area contributed by atoms with Gasteiger partial charge in [-0.05, 0) is 42.5 Å². The summed E-state index contributed by atoms with van der Waals surface area (Å²) in [5.41, 5.74) is 1.90. The van der Waals surface area contributed by atoms with E-state index in [1.165, 1.54) is 0 Å². The molecule has 5 rings (SSSR count). The molecule has 4 aromatic rings. The van der Waals surface area contributed by atoms with Crippen LogP contribution in [0.2, 0.25) is 0 Å². The third kappa shape index (κ3) is 3.00. The van der Waals surface area contributed by atoms with E-state index in [-0.39, 0.29) is 6.03 Å². The SMILES string of the molecule is O=C1Nc2c[s+](C(=O)Cl)c3nccc(c23)N1c1ccc(Oc2ccccc2)cc1. The van der Waals surface area contributed by atoms with Crippen LogP contribution < -0.4 is 15.0 Å². The quantitative estimate of drug-likeness (QED) is 0.294. The number of aromatic nitrogens is 1. The van der Waals surface area contributed by atoms with Crippen molar-refractivity contribution in [3.05, 3.63) is 72.2 Å². The smallest absolute Gasteiger partial charge is 0.453 e. The lowest BCUT2D eigenvalue weighted by atomic mass is 10.1. The fourth-order valence-electron chi connectivity index (χ4n) is 3.31. The maximum absolute atomic E-state index is 12.8. The Morgan fingerprint density at radius 1 is 1.03 bits per heavy atom. The Morgan fingerprint density at radius 3 is 2.48 bits per heavy atom. The molecule has 0 bridgehead atoms. The topological polar surface area (TPSA) is 71.5 Å². The van der Waals surface area contributed by atoms with E-state index in [1.54, 1.807) is 46.8 Å². The number of hydrogen-bond donors (Lipinski definition) is 1. The molecule has 1 atom stereocenters. The second-order valence-corrected chi connectivity index (χ2v) is 8.53. The summed E-state index contributed by atoms with van der Waals surface area (Å²) in [6.45, 7) is 0. The highest BCUT2D eigenvalue weighted by Crippen LogP contribution is 2.47. The lowest BCUT2D eigenvalue weighted by Gasteiger charge is -2.27. The van der Waals surface area contributed by atoms with Crippen LogP contribution in [-0.2, 0) is 0 Å². The molecule has 3 heterocycles. The van der Waals surface area contributed by atoms with Gasteiger partial charge >= 0.3 is 10.6 Å². The Labute approximate surface area is 173 Å². The number of ether oxygens (including phenoxy) is 1. The molecule has 2 amide bonds. The number of halogens is 1. The first kappa shape index (κ1) is 17.7. The molecule has 0 fully saturated rings. The summed E-state index contributed by atoms with van der Waals surface area (Å²) < 4.78 is 5.31. The lowest BCUT2D eigenvalue weighted by molar-refractivity contribution is 0.259. The highest BCUT2D eigenvalue weighted by atomic mass is 35.5. The van der Waals surface area contributed by atoms with Gasteiger partial charge < -0.3 is 10.1 Å². The number of nitrogens with one attached hydrogen (secondary N) is 1. The van der Waals surface area contributed by atoms with Gasteiger partial charge in [-0.15, -0.1) is 0 Å². The zero-order chi connectivity index (χ0) is 20.0. The van der Waals surface area contributed by atoms with Gasteiger partial charge in [-0.25, -0.2) is 14.6 Å². The van der Waals surface area contributed by atoms with Gasteiger partial charge in [0.1, 0.15) is 22.6 Å². The average Bonchev–Trinajstić information content (AvgIpc) is 3.10. The number of rotatable bonds is 4. The molecule has 1 N–H and O–H groups in total. The lowest BCUT2D eigenvalue weighted by Crippen LogP contribution is -2.33. The third-order valence-corrected chi connectivity index (χ3v) is 6.58. The van der Waals surface area contributed by atoms with Crippen molar-refractivity contribution >= 4 is 60.0 Å². The molecule has 8 heteroatoms. The van der Waals surface area contributed by atoms with Crippen LogP contribution in [0.5, 0.6) is 11.5 Å². The van der Waals surface area contributed by atoms with E-state index in [0.29, 0.717) is 27.6 Å². The van der Waals surface area contributed by atoms with Crippen molar-refractivity contribution in [3.8, 4) is 11.5 Å². The predicted molar refractivity (Wildman–Crippen MR) is 115 cm³/mol. The number of pyridine rings is 1. The first-order valence-electron chi connectivity index (χ1n) is 8.69. The van der Waals surface area contributed by atoms with Gasteiger partial charge in [0.2, 0.25) is 0 Å². The molecular formula is C21H13ClN3O3S+. The molecule has 29 heavy (non-hydrogen) atoms. The molecule has 0 saturated carbocycles. The van der Waals surface area contributed by atoms with Crippen LogP contribution in [-0.4, -0.2) is 15.6 Å². The molecule has 0 aliphatic carbocycles. The number of carbonyl (C=O) groups is 2. The Bertz CT molecular complexity index is 1260. The van der Waals surface area contributed by atoms with Crippen LogP contribution in [0.4, 0.5) is 26.7 Å². The fourth-order valence-corrected chi connectivity index (χ4v) is 5.04. The molecule has 0 radical (unpaired) electrons. The minimum Gasteiger partial charge on any atom is -0.457 e. The monoisotopic (exact) mass is 422 g/mol. The summed E-state index contributed by atoms with van der Waals surface area (Å²) in [5, 5.41) is 5.23. The van der Waals surface area contributed by atoms with Gasteiger partial charge in [0, 0.05) is 17.8 Å². The van der Waals surface area contributed by atoms with Crippen molar-refractivity contribution in [1.82, 2.24) is 4.98 Å². The predicted octanol–water partition coefficient (Wildman–Crippen LogP) is 6.67. The maximum atomic E-state index is 12.8. The second kappa shape index (κ2) is 6.88. The number of para-hydroxylation sites is 1. The Balaban J connectivity index is 1.54. The van der Waals surface area contributed by atoms with Gasteiger partial charge in [-0.3, -0.25) is 4.90 Å². The summed E-state index contributed by atoms with van der Waals surface area (Å²) in [5.74, 6) is 1.39. The van der Waals surface area contributed by atoms with Crippen molar-refractivity contribution in [2.45, 2.75) is 0 Å². The average molecular weight is 423 g/mol. The van der Waals surface area contributed by atoms with Crippen LogP contribution in [0.1, 0.15) is 0 Å². The van der Waals surface area contributed by atoms with Crippen molar-refractivity contribution in [2.75, 3.05) is 10.2 Å². The second-order valence-electron chi connectivity index (χ2n) is 6.29. The van der Waals surface area contributed by atoms with Gasteiger partial charge in [-0.2, -0.15) is 0 Å². The summed E-state index contributed by atoms with van der Waals surface area (Å²) in [6, 6.07) is 18.1. The molecule has 1 unspecified atom stereocenters. The third-order valence-electron chi connectivity index (χ3n) is 4.54. The molecule has 0 spiro atoms. The molecule has 2 aromatic carbocycles. The number of carbonyl (C=O) groups excluding carboxylic acids is 2. The van der Waals surface area contributed by atoms with Crippen molar-refractivity contribution in [2.24, 2.45) is 0 Å². The van der Waals surface area contributed by atoms with Crippen LogP contribution in [0.25, 0.3) is 10.2 Å². The van der Waals surface area contributed by atoms with E-state index in [9.17, 15) is 9.59 Å². The Hall–Kier alpha value is -3.42. The van der Waals surface area contributed by atoms with E-state index in [2.05, 4.69) is 10.3 Å². The van der Waals surface area contributed by atoms with Crippen molar-refractivity contribution < 1.29 is 14.3 Å². The zero-order valence-electron chi connectivity index (χ0n) is 14.8. The van der Waals surface area contributed by atoms with Gasteiger partial charge in [0.05, 0.1) is 21.8 Å². The van der Waals surface area contributed by atoms with Gasteiger partial charge in [-0.1, -0.05) is 18.2 Å². The maximum Gasteiger partial charge on any atom is 0.453 e. The number of nitrogens with zero attached hydrogens (tertiary/aromatic N) is 2. The number of benzene rings is 2. The fraction of sp³-hybridized carbons (Fsp3) is 0. The standard InChI is InChI=1S/C21H12ClN3O3S/c22-20(26)29-12-16-18-17(10-11-23-19(18)29)25(21(27)24-16)13-6-8-15(9-7-13)28-14-4-2-1-3-5-14/h1-12H/p+1. The molecule has 0 saturated heterocycles. The molecule has 2 aromatic heterocycles. The first-order chi connectivity index (χ1) is 14.1. The molecule has 1 aliphatic rings. The first-order valence-corrected chi connectivity index (χ1v) is 10.4. The minimum absolute atomic E-state index is 0.315. The normalized spacial score (nSPS) is 13.3. The van der Waals surface area contributed by atoms with Crippen molar-refractivity contribution in [1.29, 1.82) is 0 Å². The van der Waals surface area contributed by atoms with Crippen LogP contribution in [0, 0.1) is 0 Å². The van der Waals surface area contributed by atoms with E-state index in [4.69, 9.17) is 16.3 Å². The molecule has 142 valence electrons. The van der Waals surface area contributed by atoms with Crippen LogP contribution in [0.15, 0.2) is 72.2 Å². The van der Waals surface area contributed by atoms with E-state index >= 15 is 0 Å². The largest absolute Gasteiger partial charge is 0.457 e. The van der Waals surface area contributed by atoms with E-state index in [1.807, 2.05) is 30.3 Å². The number of hydrogen-bond acceptors (Lipinski definition) is 4. The highest BCUT2D eigenvalue weighted by molar-refractivity contribution is 7.61. The number of amides is 2. The van der Waals surface area contributed by atoms with E-state index in [0.717, 1.165) is 11.1 Å². The summed E-state index contributed by atoms with van der Waals surface area (Å²) in [6.07, 6.45) is 1.59. The van der Waals surface area contributed by atoms with Crippen LogP contribution >= 0.6 is 22.1 Å². The molecular weight excluding hydrogens is 410 g/mol. The number of anilines is 3. The number of urea groups is 1. The molecule has 1 aliphatic heterocycles. The number of thiophene rings is 1. The zero-order valence-corrected chi connectivity index (χ0v) is 16.4. The van der Waals surface area contributed by atoms with E-state index < -0.39 is 15.0 Å². The minimum atomic E-state index is -0.975.